The van der Waals surface area contributed by atoms with E-state index in [4.69, 9.17) is 19.9 Å². The number of hydroxylamine groups is 2. The van der Waals surface area contributed by atoms with Crippen molar-refractivity contribution in [3.63, 3.8) is 0 Å². The molecule has 3 heterocycles. The third-order valence-corrected chi connectivity index (χ3v) is 7.77. The van der Waals surface area contributed by atoms with Crippen LogP contribution in [-0.2, 0) is 47.5 Å². The predicted molar refractivity (Wildman–Crippen MR) is 160 cm³/mol. The number of nitrogen functional groups attached to an aromatic ring is 1. The minimum atomic E-state index is -5.02. The lowest BCUT2D eigenvalue weighted by Crippen LogP contribution is -2.76. The summed E-state index contributed by atoms with van der Waals surface area (Å²) in [6, 6.07) is 5.66. The van der Waals surface area contributed by atoms with Gasteiger partial charge in [-0.05, 0) is 38.0 Å². The number of aromatic nitrogens is 4. The number of hydrogen-bond acceptors (Lipinski definition) is 13. The highest BCUT2D eigenvalue weighted by Gasteiger charge is 2.58. The number of oxime groups is 1. The van der Waals surface area contributed by atoms with Crippen LogP contribution in [-0.4, -0.2) is 85.0 Å². The van der Waals surface area contributed by atoms with Gasteiger partial charge in [0.25, 0.3) is 17.9 Å². The summed E-state index contributed by atoms with van der Waals surface area (Å²) < 4.78 is 49.0. The van der Waals surface area contributed by atoms with Gasteiger partial charge >= 0.3 is 16.4 Å². The summed E-state index contributed by atoms with van der Waals surface area (Å²) in [5, 5.41) is 16.0. The zero-order chi connectivity index (χ0) is 33.8. The van der Waals surface area contributed by atoms with E-state index in [-0.39, 0.29) is 11.0 Å². The molecule has 0 aliphatic carbocycles. The topological polar surface area (TPSA) is 242 Å². The number of carboxylic acids is 1. The van der Waals surface area contributed by atoms with Crippen LogP contribution in [0.1, 0.15) is 39.4 Å². The first-order valence-corrected chi connectivity index (χ1v) is 15.9. The highest BCUT2D eigenvalue weighted by Crippen LogP contribution is 2.33. The van der Waals surface area contributed by atoms with E-state index < -0.39 is 58.2 Å². The Morgan fingerprint density at radius 2 is 1.96 bits per heavy atom. The van der Waals surface area contributed by atoms with Gasteiger partial charge in [-0.2, -0.15) is 27.5 Å². The molecule has 0 spiro atoms. The molecule has 248 valence electrons. The second-order valence-electron chi connectivity index (χ2n) is 10.7. The van der Waals surface area contributed by atoms with E-state index in [1.54, 1.807) is 12.1 Å². The molecule has 2 aromatic heterocycles. The molecule has 5 N–H and O–H groups in total. The predicted octanol–water partition coefficient (Wildman–Crippen LogP) is 0.306. The summed E-state index contributed by atoms with van der Waals surface area (Å²) in [5.41, 5.74) is 5.50. The fraction of sp³-hybridized carbons (Fsp3) is 0.423. The lowest BCUT2D eigenvalue weighted by Gasteiger charge is -2.50. The van der Waals surface area contributed by atoms with Crippen molar-refractivity contribution in [2.75, 3.05) is 12.3 Å². The number of rotatable bonds is 15. The molecule has 0 unspecified atom stereocenters. The molecular weight excluding hydrogens is 648 g/mol. The van der Waals surface area contributed by atoms with E-state index in [1.165, 1.54) is 13.8 Å². The van der Waals surface area contributed by atoms with Gasteiger partial charge in [-0.25, -0.2) is 4.79 Å². The van der Waals surface area contributed by atoms with E-state index in [2.05, 4.69) is 35.7 Å². The van der Waals surface area contributed by atoms with Crippen LogP contribution in [0.4, 0.5) is 5.13 Å². The van der Waals surface area contributed by atoms with Crippen molar-refractivity contribution in [2.24, 2.45) is 12.2 Å². The maximum Gasteiger partial charge on any atom is 0.418 e. The first-order chi connectivity index (χ1) is 21.6. The normalized spacial score (nSPS) is 16.9. The van der Waals surface area contributed by atoms with Crippen molar-refractivity contribution in [1.82, 2.24) is 24.4 Å². The van der Waals surface area contributed by atoms with Crippen molar-refractivity contribution in [3.8, 4) is 16.9 Å². The van der Waals surface area contributed by atoms with Crippen LogP contribution in [0.25, 0.3) is 11.1 Å². The van der Waals surface area contributed by atoms with Crippen LogP contribution < -0.4 is 20.5 Å². The molecule has 20 heteroatoms. The van der Waals surface area contributed by atoms with Gasteiger partial charge < -0.3 is 25.7 Å². The molecule has 1 saturated heterocycles. The third-order valence-electron chi connectivity index (χ3n) is 6.89. The Morgan fingerprint density at radius 1 is 1.26 bits per heavy atom. The van der Waals surface area contributed by atoms with Gasteiger partial charge in [0.15, 0.2) is 12.2 Å². The number of aliphatic carboxylic acids is 1. The number of carbonyl (C=O) groups is 3. The summed E-state index contributed by atoms with van der Waals surface area (Å²) in [6.45, 7) is 5.22. The number of carbonyl (C=O) groups excluding carboxylic acids is 2. The molecule has 0 bridgehead atoms. The van der Waals surface area contributed by atoms with Crippen LogP contribution >= 0.6 is 11.5 Å². The first-order valence-electron chi connectivity index (χ1n) is 13.8. The Hall–Kier alpha value is -4.66. The number of nitrogens with zero attached hydrogens (tertiary/aromatic N) is 6. The number of unbranched alkanes of at least 4 members (excludes halogenated alkanes) is 1. The zero-order valence-electron chi connectivity index (χ0n) is 25.2. The minimum Gasteiger partial charge on any atom is -0.489 e. The number of amides is 2. The average Bonchev–Trinajstić information content (AvgIpc) is 3.59. The SMILES string of the molecule is CCCCn1cc(-c2ccc(OC[C@H](O/N=C(\C(=O)N[C@@H]3C(=O)N(OS(=O)(=O)O)C3(C)C)c3nsc(N)n3)C(=O)O)cc2)c[n+]1C. The number of ether oxygens (including phenoxy) is 1. The molecule has 2 atom stereocenters. The highest BCUT2D eigenvalue weighted by molar-refractivity contribution is 7.80. The summed E-state index contributed by atoms with van der Waals surface area (Å²) in [4.78, 5) is 46.6. The number of β-lactam (4-membered cyclic amide) rings is 1. The maximum atomic E-state index is 13.2. The highest BCUT2D eigenvalue weighted by atomic mass is 32.3. The average molecular weight is 682 g/mol. The zero-order valence-corrected chi connectivity index (χ0v) is 26.8. The van der Waals surface area contributed by atoms with Crippen molar-refractivity contribution in [1.29, 1.82) is 0 Å². The van der Waals surface area contributed by atoms with Crippen molar-refractivity contribution >= 4 is 50.6 Å². The Balaban J connectivity index is 1.44. The van der Waals surface area contributed by atoms with Crippen molar-refractivity contribution in [3.05, 3.63) is 42.5 Å². The summed E-state index contributed by atoms with van der Waals surface area (Å²) in [6.07, 6.45) is 4.49. The van der Waals surface area contributed by atoms with Gasteiger partial charge in [0, 0.05) is 11.5 Å². The second kappa shape index (κ2) is 13.8. The Kier molecular flexibility index (Phi) is 10.2. The molecule has 46 heavy (non-hydrogen) atoms. The van der Waals surface area contributed by atoms with Gasteiger partial charge in [0.05, 0.1) is 23.8 Å². The lowest BCUT2D eigenvalue weighted by molar-refractivity contribution is -0.753. The molecule has 3 aromatic rings. The van der Waals surface area contributed by atoms with E-state index >= 15 is 0 Å². The molecule has 1 aliphatic rings. The Morgan fingerprint density at radius 3 is 2.52 bits per heavy atom. The van der Waals surface area contributed by atoms with Crippen LogP contribution in [0.5, 0.6) is 5.75 Å². The van der Waals surface area contributed by atoms with E-state index in [1.807, 2.05) is 36.3 Å². The molecule has 2 amide bonds. The molecule has 1 aliphatic heterocycles. The van der Waals surface area contributed by atoms with Gasteiger partial charge in [-0.3, -0.25) is 14.1 Å². The monoisotopic (exact) mass is 681 g/mol. The number of carboxylic acid groups (broad SMARTS) is 1. The van der Waals surface area contributed by atoms with Crippen LogP contribution in [0.15, 0.2) is 41.8 Å². The summed E-state index contributed by atoms with van der Waals surface area (Å²) in [7, 11) is -3.06. The summed E-state index contributed by atoms with van der Waals surface area (Å²) in [5.74, 6) is -3.51. The quantitative estimate of drug-likeness (QED) is 0.0556. The van der Waals surface area contributed by atoms with Crippen LogP contribution in [0.3, 0.4) is 0 Å². The molecule has 18 nitrogen and oxygen atoms in total. The molecule has 4 rings (SSSR count). The molecular formula is C26H33N8O10S2+. The molecule has 0 radical (unpaired) electrons. The van der Waals surface area contributed by atoms with Gasteiger partial charge in [0.1, 0.15) is 18.4 Å². The van der Waals surface area contributed by atoms with Crippen molar-refractivity contribution in [2.45, 2.75) is 57.8 Å². The van der Waals surface area contributed by atoms with Gasteiger partial charge in [0.2, 0.25) is 17.7 Å². The van der Waals surface area contributed by atoms with Crippen LogP contribution in [0.2, 0.25) is 0 Å². The van der Waals surface area contributed by atoms with Gasteiger partial charge in [-0.1, -0.05) is 30.6 Å². The fourth-order valence-electron chi connectivity index (χ4n) is 4.37. The van der Waals surface area contributed by atoms with E-state index in [0.29, 0.717) is 22.3 Å². The largest absolute Gasteiger partial charge is 0.489 e. The van der Waals surface area contributed by atoms with E-state index in [9.17, 15) is 27.9 Å². The third kappa shape index (κ3) is 7.94. The standard InChI is InChI=1S/C26H32N8O10S2/c1-5-6-11-33-13-16(12-32(33)4)15-7-9-17(10-8-15)42-14-18(24(37)38)43-30-19(21-29-25(27)45-31-21)22(35)28-20-23(36)34(26(20,2)3)44-46(39,40)41/h7-10,12-13,18,20H,5-6,11,14H2,1-4H3,(H4-,27,28,29,31,35,37,38,39,40,41)/p+1/b30-19-/t18-,20+/m0/s1. The molecule has 0 saturated carbocycles. The number of anilines is 1. The fourth-order valence-corrected chi connectivity index (χ4v) is 5.25. The van der Waals surface area contributed by atoms with Crippen molar-refractivity contribution < 1.29 is 51.0 Å². The van der Waals surface area contributed by atoms with E-state index in [0.717, 1.165) is 30.5 Å². The maximum absolute atomic E-state index is 13.2. The molecule has 1 aromatic carbocycles. The lowest BCUT2D eigenvalue weighted by atomic mass is 9.84. The number of hydrogen-bond donors (Lipinski definition) is 4. The number of nitrogens with two attached hydrogens (primary N) is 1. The summed E-state index contributed by atoms with van der Waals surface area (Å²) >= 11 is 0.716. The van der Waals surface area contributed by atoms with Gasteiger partial charge in [-0.15, -0.1) is 8.97 Å². The first kappa shape index (κ1) is 34.2. The number of aryl methyl sites for hydroxylation is 2. The second-order valence-corrected chi connectivity index (χ2v) is 12.5. The van der Waals surface area contributed by atoms with Crippen LogP contribution in [0, 0.1) is 0 Å². The number of benzene rings is 1. The number of nitrogens with one attached hydrogen (secondary N) is 1. The smallest absolute Gasteiger partial charge is 0.418 e. The Labute approximate surface area is 267 Å². The minimum absolute atomic E-state index is 0.0453. The Bertz CT molecular complexity index is 1740. The molecule has 1 fully saturated rings.